The number of hydrogen-bond acceptors (Lipinski definition) is 4. The number of nitrogens with zero attached hydrogens (tertiary/aromatic N) is 1. The van der Waals surface area contributed by atoms with Gasteiger partial charge in [0.25, 0.3) is 0 Å². The van der Waals surface area contributed by atoms with Gasteiger partial charge in [-0.3, -0.25) is 0 Å². The normalized spacial score (nSPS) is 11.8. The highest BCUT2D eigenvalue weighted by Gasteiger charge is 2.25. The lowest BCUT2D eigenvalue weighted by Gasteiger charge is -2.08. The monoisotopic (exact) mass is 435 g/mol. The third-order valence-electron chi connectivity index (χ3n) is 3.73. The second-order valence-electron chi connectivity index (χ2n) is 5.63. The van der Waals surface area contributed by atoms with Crippen LogP contribution < -0.4 is 0 Å². The molecule has 0 aliphatic carbocycles. The van der Waals surface area contributed by atoms with E-state index in [1.54, 1.807) is 0 Å². The van der Waals surface area contributed by atoms with Crippen molar-refractivity contribution in [2.24, 2.45) is 0 Å². The summed E-state index contributed by atoms with van der Waals surface area (Å²) >= 11 is 11.8. The number of halogens is 5. The van der Waals surface area contributed by atoms with E-state index in [1.165, 1.54) is 18.2 Å². The molecule has 0 unspecified atom stereocenters. The molecule has 0 saturated heterocycles. The van der Waals surface area contributed by atoms with Crippen molar-refractivity contribution in [2.75, 3.05) is 6.26 Å². The van der Waals surface area contributed by atoms with Crippen LogP contribution in [0.1, 0.15) is 5.76 Å². The Morgan fingerprint density at radius 3 is 2.19 bits per heavy atom. The Kier molecular flexibility index (Phi) is 5.24. The lowest BCUT2D eigenvalue weighted by Crippen LogP contribution is -2.05. The average Bonchev–Trinajstić information content (AvgIpc) is 2.99. The predicted octanol–water partition coefficient (Wildman–Crippen LogP) is 5.47. The van der Waals surface area contributed by atoms with Crippen molar-refractivity contribution in [1.82, 2.24) is 5.16 Å². The van der Waals surface area contributed by atoms with E-state index < -0.39 is 33.0 Å². The fraction of sp³-hybridized carbons (Fsp3) is 0.118. The standard InChI is InChI=1S/C17H10Cl2F3NO3S/c1-27(24,25)17-12(21)5-9(6-13(17)22)15-14(7-20)26-23-16(15)8-2-3-10(18)11(19)4-8/h2-6H,7H2,1H3. The Labute approximate surface area is 162 Å². The SMILES string of the molecule is CS(=O)(=O)c1c(F)cc(-c2c(-c3ccc(Cl)c(Cl)c3)noc2CF)cc1F. The maximum Gasteiger partial charge on any atom is 0.181 e. The molecule has 142 valence electrons. The highest BCUT2D eigenvalue weighted by molar-refractivity contribution is 7.90. The van der Waals surface area contributed by atoms with Gasteiger partial charge in [0.2, 0.25) is 0 Å². The Bertz CT molecular complexity index is 1120. The quantitative estimate of drug-likeness (QED) is 0.545. The number of benzene rings is 2. The zero-order chi connectivity index (χ0) is 19.9. The van der Waals surface area contributed by atoms with Crippen molar-refractivity contribution in [3.63, 3.8) is 0 Å². The Hall–Kier alpha value is -2.03. The molecule has 0 N–H and O–H groups in total. The molecule has 0 spiro atoms. The van der Waals surface area contributed by atoms with Crippen LogP contribution in [-0.4, -0.2) is 19.8 Å². The van der Waals surface area contributed by atoms with Gasteiger partial charge in [0.1, 0.15) is 22.2 Å². The van der Waals surface area contributed by atoms with E-state index in [2.05, 4.69) is 5.16 Å². The molecule has 0 radical (unpaired) electrons. The first kappa shape index (κ1) is 19.7. The molecule has 0 amide bonds. The van der Waals surface area contributed by atoms with E-state index in [0.29, 0.717) is 11.8 Å². The maximum atomic E-state index is 14.3. The van der Waals surface area contributed by atoms with E-state index in [0.717, 1.165) is 12.1 Å². The van der Waals surface area contributed by atoms with Crippen LogP contribution in [0.3, 0.4) is 0 Å². The highest BCUT2D eigenvalue weighted by Crippen LogP contribution is 2.38. The summed E-state index contributed by atoms with van der Waals surface area (Å²) in [5.74, 6) is -2.89. The molecule has 3 rings (SSSR count). The Morgan fingerprint density at radius 1 is 1.04 bits per heavy atom. The summed E-state index contributed by atoms with van der Waals surface area (Å²) in [5, 5.41) is 4.21. The lowest BCUT2D eigenvalue weighted by molar-refractivity contribution is 0.332. The third kappa shape index (κ3) is 3.69. The van der Waals surface area contributed by atoms with E-state index in [9.17, 15) is 21.6 Å². The minimum Gasteiger partial charge on any atom is -0.357 e. The number of aromatic nitrogens is 1. The zero-order valence-electron chi connectivity index (χ0n) is 13.6. The first-order valence-electron chi connectivity index (χ1n) is 7.33. The summed E-state index contributed by atoms with van der Waals surface area (Å²) < 4.78 is 70.0. The van der Waals surface area contributed by atoms with Crippen LogP contribution in [0.15, 0.2) is 39.8 Å². The summed E-state index contributed by atoms with van der Waals surface area (Å²) in [5.41, 5.74) is 0.295. The molecule has 27 heavy (non-hydrogen) atoms. The van der Waals surface area contributed by atoms with Gasteiger partial charge in [-0.1, -0.05) is 34.4 Å². The van der Waals surface area contributed by atoms with Crippen molar-refractivity contribution in [2.45, 2.75) is 11.6 Å². The van der Waals surface area contributed by atoms with Crippen molar-refractivity contribution < 1.29 is 26.1 Å². The molecular weight excluding hydrogens is 426 g/mol. The van der Waals surface area contributed by atoms with Crippen LogP contribution in [0.25, 0.3) is 22.4 Å². The first-order valence-corrected chi connectivity index (χ1v) is 9.97. The van der Waals surface area contributed by atoms with Crippen molar-refractivity contribution in [3.05, 3.63) is 57.8 Å². The van der Waals surface area contributed by atoms with Gasteiger partial charge < -0.3 is 4.52 Å². The van der Waals surface area contributed by atoms with Gasteiger partial charge >= 0.3 is 0 Å². The van der Waals surface area contributed by atoms with Gasteiger partial charge in [-0.05, 0) is 29.8 Å². The van der Waals surface area contributed by atoms with Gasteiger partial charge in [0, 0.05) is 11.8 Å². The van der Waals surface area contributed by atoms with Gasteiger partial charge in [-0.25, -0.2) is 21.6 Å². The number of sulfone groups is 1. The molecule has 0 fully saturated rings. The van der Waals surface area contributed by atoms with Crippen molar-refractivity contribution in [1.29, 1.82) is 0 Å². The lowest BCUT2D eigenvalue weighted by atomic mass is 9.99. The third-order valence-corrected chi connectivity index (χ3v) is 5.61. The Morgan fingerprint density at radius 2 is 1.67 bits per heavy atom. The summed E-state index contributed by atoms with van der Waals surface area (Å²) in [6, 6.07) is 6.00. The fourth-order valence-corrected chi connectivity index (χ4v) is 3.74. The van der Waals surface area contributed by atoms with Crippen LogP contribution in [0.2, 0.25) is 10.0 Å². The molecule has 0 aliphatic heterocycles. The van der Waals surface area contributed by atoms with Crippen molar-refractivity contribution in [3.8, 4) is 22.4 Å². The van der Waals surface area contributed by atoms with Crippen LogP contribution >= 0.6 is 23.2 Å². The highest BCUT2D eigenvalue weighted by atomic mass is 35.5. The second kappa shape index (κ2) is 7.18. The van der Waals surface area contributed by atoms with E-state index in [-0.39, 0.29) is 32.6 Å². The molecule has 0 bridgehead atoms. The minimum atomic E-state index is -4.13. The smallest absolute Gasteiger partial charge is 0.181 e. The zero-order valence-corrected chi connectivity index (χ0v) is 15.9. The van der Waals surface area contributed by atoms with Gasteiger partial charge in [-0.2, -0.15) is 0 Å². The van der Waals surface area contributed by atoms with Crippen LogP contribution in [-0.2, 0) is 16.5 Å². The van der Waals surface area contributed by atoms with E-state index in [4.69, 9.17) is 27.7 Å². The topological polar surface area (TPSA) is 60.2 Å². The Balaban J connectivity index is 2.26. The van der Waals surface area contributed by atoms with Gasteiger partial charge in [0.15, 0.2) is 22.3 Å². The summed E-state index contributed by atoms with van der Waals surface area (Å²) in [6.07, 6.45) is 0.682. The first-order chi connectivity index (χ1) is 12.6. The average molecular weight is 436 g/mol. The number of hydrogen-bond donors (Lipinski definition) is 0. The fourth-order valence-electron chi connectivity index (χ4n) is 2.61. The largest absolute Gasteiger partial charge is 0.357 e. The molecule has 2 aromatic carbocycles. The summed E-state index contributed by atoms with van der Waals surface area (Å²) in [6.45, 7) is -1.10. The van der Waals surface area contributed by atoms with Crippen LogP contribution in [0.4, 0.5) is 13.2 Å². The van der Waals surface area contributed by atoms with E-state index >= 15 is 0 Å². The summed E-state index contributed by atoms with van der Waals surface area (Å²) in [7, 11) is -4.13. The molecule has 1 heterocycles. The van der Waals surface area contributed by atoms with Gasteiger partial charge in [-0.15, -0.1) is 0 Å². The summed E-state index contributed by atoms with van der Waals surface area (Å²) in [4.78, 5) is -1.07. The van der Waals surface area contributed by atoms with E-state index in [1.807, 2.05) is 0 Å². The second-order valence-corrected chi connectivity index (χ2v) is 8.40. The molecule has 0 atom stereocenters. The molecule has 1 aromatic heterocycles. The maximum absolute atomic E-state index is 14.3. The molecule has 0 aliphatic rings. The molecule has 3 aromatic rings. The molecule has 0 saturated carbocycles. The van der Waals surface area contributed by atoms with Crippen LogP contribution in [0, 0.1) is 11.6 Å². The molecule has 4 nitrogen and oxygen atoms in total. The van der Waals surface area contributed by atoms with Crippen LogP contribution in [0.5, 0.6) is 0 Å². The van der Waals surface area contributed by atoms with Crippen molar-refractivity contribution >= 4 is 33.0 Å². The number of rotatable bonds is 4. The minimum absolute atomic E-state index is 0.0197. The predicted molar refractivity (Wildman–Crippen MR) is 95.2 cm³/mol. The van der Waals surface area contributed by atoms with Gasteiger partial charge in [0.05, 0.1) is 15.6 Å². The number of alkyl halides is 1. The molecular formula is C17H10Cl2F3NO3S. The molecule has 10 heteroatoms.